The molecule has 21 heavy (non-hydrogen) atoms. The first-order chi connectivity index (χ1) is 10.1. The average Bonchev–Trinajstić information content (AvgIpc) is 2.89. The topological polar surface area (TPSA) is 53.4 Å². The van der Waals surface area contributed by atoms with Crippen LogP contribution < -0.4 is 9.47 Å². The summed E-state index contributed by atoms with van der Waals surface area (Å²) in [5.74, 6) is 0.821. The lowest BCUT2D eigenvalue weighted by atomic mass is 10.1. The molecular formula is C15H17BrN2O3. The molecule has 0 aliphatic carbocycles. The van der Waals surface area contributed by atoms with E-state index in [0.29, 0.717) is 29.3 Å². The molecule has 0 aliphatic rings. The highest BCUT2D eigenvalue weighted by atomic mass is 79.9. The Morgan fingerprint density at radius 3 is 2.62 bits per heavy atom. The number of benzene rings is 1. The summed E-state index contributed by atoms with van der Waals surface area (Å²) in [6.45, 7) is 2.69. The third-order valence-electron chi connectivity index (χ3n) is 3.08. The molecule has 6 heteroatoms. The number of carbonyl (C=O) groups is 1. The maximum Gasteiger partial charge on any atom is 0.218 e. The van der Waals surface area contributed by atoms with E-state index in [-0.39, 0.29) is 5.78 Å². The van der Waals surface area contributed by atoms with Gasteiger partial charge in [-0.25, -0.2) is 0 Å². The van der Waals surface area contributed by atoms with E-state index in [4.69, 9.17) is 9.47 Å². The number of carbonyl (C=O) groups excluding carboxylic acids is 1. The number of hydrogen-bond acceptors (Lipinski definition) is 4. The van der Waals surface area contributed by atoms with Crippen molar-refractivity contribution in [3.8, 4) is 11.5 Å². The zero-order valence-corrected chi connectivity index (χ0v) is 13.8. The summed E-state index contributed by atoms with van der Waals surface area (Å²) in [6, 6.07) is 5.30. The van der Waals surface area contributed by atoms with Crippen LogP contribution in [0.25, 0.3) is 0 Å². The highest BCUT2D eigenvalue weighted by Crippen LogP contribution is 2.29. The number of rotatable bonds is 6. The summed E-state index contributed by atoms with van der Waals surface area (Å²) >= 11 is 3.37. The Bertz CT molecular complexity index is 652. The van der Waals surface area contributed by atoms with E-state index in [2.05, 4.69) is 21.0 Å². The van der Waals surface area contributed by atoms with Crippen molar-refractivity contribution >= 4 is 21.7 Å². The van der Waals surface area contributed by atoms with Gasteiger partial charge < -0.3 is 9.47 Å². The van der Waals surface area contributed by atoms with Crippen LogP contribution in [0.5, 0.6) is 11.5 Å². The number of hydrogen-bond donors (Lipinski definition) is 0. The minimum Gasteiger partial charge on any atom is -0.496 e. The van der Waals surface area contributed by atoms with E-state index in [1.165, 1.54) is 7.11 Å². The lowest BCUT2D eigenvalue weighted by Gasteiger charge is -2.11. The van der Waals surface area contributed by atoms with Crippen LogP contribution in [0.2, 0.25) is 0 Å². The molecule has 0 spiro atoms. The van der Waals surface area contributed by atoms with Crippen molar-refractivity contribution < 1.29 is 14.3 Å². The van der Waals surface area contributed by atoms with Gasteiger partial charge in [-0.1, -0.05) is 22.9 Å². The quantitative estimate of drug-likeness (QED) is 0.748. The second-order valence-electron chi connectivity index (χ2n) is 4.46. The van der Waals surface area contributed by atoms with E-state index in [1.807, 2.05) is 13.0 Å². The first kappa shape index (κ1) is 15.6. The zero-order chi connectivity index (χ0) is 15.4. The van der Waals surface area contributed by atoms with Gasteiger partial charge in [0.1, 0.15) is 5.75 Å². The Labute approximate surface area is 132 Å². The fraction of sp³-hybridized carbons (Fsp3) is 0.333. The van der Waals surface area contributed by atoms with Crippen molar-refractivity contribution in [1.82, 2.24) is 9.78 Å². The molecule has 0 N–H and O–H groups in total. The van der Waals surface area contributed by atoms with Gasteiger partial charge in [0.2, 0.25) is 5.78 Å². The predicted octanol–water partition coefficient (Wildman–Crippen LogP) is 3.30. The van der Waals surface area contributed by atoms with Crippen LogP contribution >= 0.6 is 15.9 Å². The summed E-state index contributed by atoms with van der Waals surface area (Å²) in [6.07, 6.45) is 2.44. The average molecular weight is 353 g/mol. The summed E-state index contributed by atoms with van der Waals surface area (Å²) in [5, 5.41) is 4.22. The molecular weight excluding hydrogens is 336 g/mol. The molecule has 0 fully saturated rings. The number of methoxy groups -OCH3 is 2. The van der Waals surface area contributed by atoms with Gasteiger partial charge in [-0.3, -0.25) is 9.48 Å². The minimum absolute atomic E-state index is 0.165. The number of ether oxygens (including phenoxy) is 2. The van der Waals surface area contributed by atoms with Crippen LogP contribution in [0.3, 0.4) is 0 Å². The van der Waals surface area contributed by atoms with Crippen LogP contribution in [-0.4, -0.2) is 29.8 Å². The van der Waals surface area contributed by atoms with Crippen molar-refractivity contribution in [2.45, 2.75) is 19.9 Å². The zero-order valence-electron chi connectivity index (χ0n) is 12.2. The Morgan fingerprint density at radius 1 is 1.29 bits per heavy atom. The lowest BCUT2D eigenvalue weighted by Crippen LogP contribution is -2.13. The normalized spacial score (nSPS) is 10.5. The molecule has 1 aromatic heterocycles. The third kappa shape index (κ3) is 3.10. The highest BCUT2D eigenvalue weighted by molar-refractivity contribution is 9.10. The number of aryl methyl sites for hydroxylation is 1. The van der Waals surface area contributed by atoms with E-state index in [9.17, 15) is 4.79 Å². The van der Waals surface area contributed by atoms with Gasteiger partial charge in [-0.15, -0.1) is 0 Å². The molecule has 2 aromatic rings. The molecule has 0 radical (unpaired) electrons. The van der Waals surface area contributed by atoms with Crippen molar-refractivity contribution in [1.29, 1.82) is 0 Å². The largest absolute Gasteiger partial charge is 0.496 e. The Kier molecular flexibility index (Phi) is 5.01. The molecule has 1 aromatic carbocycles. The van der Waals surface area contributed by atoms with Crippen LogP contribution in [0, 0.1) is 0 Å². The number of aromatic nitrogens is 2. The van der Waals surface area contributed by atoms with E-state index < -0.39 is 0 Å². The molecule has 112 valence electrons. The Morgan fingerprint density at radius 2 is 2.00 bits per heavy atom. The van der Waals surface area contributed by atoms with Gasteiger partial charge in [0, 0.05) is 11.0 Å². The van der Waals surface area contributed by atoms with Gasteiger partial charge in [0.05, 0.1) is 26.0 Å². The van der Waals surface area contributed by atoms with Crippen LogP contribution in [-0.2, 0) is 6.54 Å². The first-order valence-electron chi connectivity index (χ1n) is 6.60. The standard InChI is InChI=1S/C15H17BrN2O3/c1-4-7-18-14(13(21-3)9-17-18)15(19)11-6-5-10(16)8-12(11)20-2/h5-6,8-9H,4,7H2,1-3H3. The van der Waals surface area contributed by atoms with Crippen molar-refractivity contribution in [3.63, 3.8) is 0 Å². The number of halogens is 1. The van der Waals surface area contributed by atoms with Gasteiger partial charge in [-0.05, 0) is 24.6 Å². The highest BCUT2D eigenvalue weighted by Gasteiger charge is 2.23. The number of ketones is 1. The van der Waals surface area contributed by atoms with Crippen molar-refractivity contribution in [2.75, 3.05) is 14.2 Å². The van der Waals surface area contributed by atoms with Crippen LogP contribution in [0.1, 0.15) is 29.4 Å². The molecule has 0 saturated carbocycles. The maximum absolute atomic E-state index is 12.8. The van der Waals surface area contributed by atoms with Gasteiger partial charge in [0.25, 0.3) is 0 Å². The molecule has 0 saturated heterocycles. The fourth-order valence-corrected chi connectivity index (χ4v) is 2.45. The van der Waals surface area contributed by atoms with E-state index in [0.717, 1.165) is 10.9 Å². The summed E-state index contributed by atoms with van der Waals surface area (Å²) < 4.78 is 13.1. The monoisotopic (exact) mass is 352 g/mol. The minimum atomic E-state index is -0.165. The molecule has 0 bridgehead atoms. The lowest BCUT2D eigenvalue weighted by molar-refractivity contribution is 0.102. The third-order valence-corrected chi connectivity index (χ3v) is 3.58. The molecule has 0 amide bonds. The second-order valence-corrected chi connectivity index (χ2v) is 5.37. The summed E-state index contributed by atoms with van der Waals surface area (Å²) in [4.78, 5) is 12.8. The Hall–Kier alpha value is -1.82. The van der Waals surface area contributed by atoms with E-state index in [1.54, 1.807) is 30.1 Å². The van der Waals surface area contributed by atoms with Gasteiger partial charge in [0.15, 0.2) is 11.4 Å². The van der Waals surface area contributed by atoms with Crippen molar-refractivity contribution in [2.24, 2.45) is 0 Å². The van der Waals surface area contributed by atoms with Gasteiger partial charge >= 0.3 is 0 Å². The number of nitrogens with zero attached hydrogens (tertiary/aromatic N) is 2. The smallest absolute Gasteiger partial charge is 0.218 e. The fourth-order valence-electron chi connectivity index (χ4n) is 2.11. The van der Waals surface area contributed by atoms with Gasteiger partial charge in [-0.2, -0.15) is 5.10 Å². The molecule has 0 aliphatic heterocycles. The second kappa shape index (κ2) is 6.76. The Balaban J connectivity index is 2.51. The van der Waals surface area contributed by atoms with Crippen LogP contribution in [0.15, 0.2) is 28.9 Å². The predicted molar refractivity (Wildman–Crippen MR) is 83.2 cm³/mol. The molecule has 5 nitrogen and oxygen atoms in total. The SMILES string of the molecule is CCCn1ncc(OC)c1C(=O)c1ccc(Br)cc1OC. The molecule has 2 rings (SSSR count). The van der Waals surface area contributed by atoms with Crippen molar-refractivity contribution in [3.05, 3.63) is 40.1 Å². The summed E-state index contributed by atoms with van der Waals surface area (Å²) in [5.41, 5.74) is 0.928. The maximum atomic E-state index is 12.8. The molecule has 0 unspecified atom stereocenters. The molecule has 1 heterocycles. The first-order valence-corrected chi connectivity index (χ1v) is 7.39. The van der Waals surface area contributed by atoms with Crippen LogP contribution in [0.4, 0.5) is 0 Å². The van der Waals surface area contributed by atoms with E-state index >= 15 is 0 Å². The molecule has 0 atom stereocenters. The summed E-state index contributed by atoms with van der Waals surface area (Å²) in [7, 11) is 3.07.